The molecular formula is C32H27NO4. The summed E-state index contributed by atoms with van der Waals surface area (Å²) in [7, 11) is 0. The number of para-hydroxylation sites is 1. The summed E-state index contributed by atoms with van der Waals surface area (Å²) in [5, 5.41) is 11.5. The van der Waals surface area contributed by atoms with Crippen LogP contribution in [0.1, 0.15) is 33.9 Å². The fourth-order valence-corrected chi connectivity index (χ4v) is 4.68. The second kappa shape index (κ2) is 10.2. The fourth-order valence-electron chi connectivity index (χ4n) is 4.68. The SMILES string of the molecule is Cc1ccc(C)c(/C(O)=C2\C(=O)C(=O)N(Cc3ccccc3)C2c2cccc(Oc3ccccc3)c2)c1. The predicted molar refractivity (Wildman–Crippen MR) is 143 cm³/mol. The Morgan fingerprint density at radius 2 is 1.49 bits per heavy atom. The average Bonchev–Trinajstić information content (AvgIpc) is 3.16. The number of amides is 1. The topological polar surface area (TPSA) is 66.8 Å². The van der Waals surface area contributed by atoms with Gasteiger partial charge in [-0.2, -0.15) is 0 Å². The first-order valence-electron chi connectivity index (χ1n) is 12.1. The number of aliphatic hydroxyl groups is 1. The van der Waals surface area contributed by atoms with E-state index in [1.807, 2.05) is 117 Å². The number of ether oxygens (including phenoxy) is 1. The third kappa shape index (κ3) is 4.89. The van der Waals surface area contributed by atoms with Gasteiger partial charge >= 0.3 is 0 Å². The van der Waals surface area contributed by atoms with Gasteiger partial charge in [0.2, 0.25) is 0 Å². The Labute approximate surface area is 216 Å². The number of benzene rings is 4. The van der Waals surface area contributed by atoms with Crippen molar-refractivity contribution >= 4 is 17.4 Å². The molecule has 0 aliphatic carbocycles. The molecule has 5 heteroatoms. The Balaban J connectivity index is 1.64. The maximum atomic E-state index is 13.4. The third-order valence-electron chi connectivity index (χ3n) is 6.54. The van der Waals surface area contributed by atoms with Gasteiger partial charge in [0.05, 0.1) is 11.6 Å². The number of carbonyl (C=O) groups excluding carboxylic acids is 2. The molecule has 0 radical (unpaired) electrons. The van der Waals surface area contributed by atoms with Crippen molar-refractivity contribution in [3.63, 3.8) is 0 Å². The number of nitrogens with zero attached hydrogens (tertiary/aromatic N) is 1. The van der Waals surface area contributed by atoms with Gasteiger partial charge < -0.3 is 14.7 Å². The zero-order valence-electron chi connectivity index (χ0n) is 20.7. The van der Waals surface area contributed by atoms with Gasteiger partial charge in [-0.15, -0.1) is 0 Å². The minimum absolute atomic E-state index is 0.0755. The quantitative estimate of drug-likeness (QED) is 0.186. The minimum atomic E-state index is -0.778. The Kier molecular flexibility index (Phi) is 6.60. The Morgan fingerprint density at radius 3 is 2.22 bits per heavy atom. The number of hydrogen-bond donors (Lipinski definition) is 1. The summed E-state index contributed by atoms with van der Waals surface area (Å²) in [4.78, 5) is 28.3. The van der Waals surface area contributed by atoms with E-state index < -0.39 is 17.7 Å². The molecule has 184 valence electrons. The molecular weight excluding hydrogens is 462 g/mol. The number of hydrogen-bond acceptors (Lipinski definition) is 4. The van der Waals surface area contributed by atoms with E-state index in [1.54, 1.807) is 0 Å². The number of aryl methyl sites for hydroxylation is 2. The summed E-state index contributed by atoms with van der Waals surface area (Å²) in [5.41, 5.74) is 3.94. The number of ketones is 1. The van der Waals surface area contributed by atoms with E-state index in [1.165, 1.54) is 4.90 Å². The summed E-state index contributed by atoms with van der Waals surface area (Å²) in [5.74, 6) is -0.271. The molecule has 1 saturated heterocycles. The first kappa shape index (κ1) is 24.1. The highest BCUT2D eigenvalue weighted by molar-refractivity contribution is 6.46. The van der Waals surface area contributed by atoms with Crippen molar-refractivity contribution < 1.29 is 19.4 Å². The van der Waals surface area contributed by atoms with E-state index in [0.717, 1.165) is 16.7 Å². The van der Waals surface area contributed by atoms with Crippen molar-refractivity contribution in [2.75, 3.05) is 0 Å². The average molecular weight is 490 g/mol. The van der Waals surface area contributed by atoms with Crippen LogP contribution >= 0.6 is 0 Å². The molecule has 0 bridgehead atoms. The third-order valence-corrected chi connectivity index (χ3v) is 6.54. The van der Waals surface area contributed by atoms with Crippen LogP contribution in [-0.4, -0.2) is 21.7 Å². The Bertz CT molecular complexity index is 1490. The molecule has 1 N–H and O–H groups in total. The summed E-state index contributed by atoms with van der Waals surface area (Å²) in [6.07, 6.45) is 0. The molecule has 1 fully saturated rings. The lowest BCUT2D eigenvalue weighted by molar-refractivity contribution is -0.140. The molecule has 4 aromatic carbocycles. The van der Waals surface area contributed by atoms with Gasteiger partial charge in [0.25, 0.3) is 11.7 Å². The van der Waals surface area contributed by atoms with Crippen LogP contribution in [0.2, 0.25) is 0 Å². The van der Waals surface area contributed by atoms with E-state index in [4.69, 9.17) is 4.74 Å². The molecule has 1 unspecified atom stereocenters. The van der Waals surface area contributed by atoms with Crippen molar-refractivity contribution in [1.29, 1.82) is 0 Å². The molecule has 0 spiro atoms. The highest BCUT2D eigenvalue weighted by Crippen LogP contribution is 2.42. The van der Waals surface area contributed by atoms with E-state index in [-0.39, 0.29) is 17.9 Å². The van der Waals surface area contributed by atoms with E-state index in [2.05, 4.69) is 0 Å². The summed E-state index contributed by atoms with van der Waals surface area (Å²) in [6.45, 7) is 4.02. The van der Waals surface area contributed by atoms with Gasteiger partial charge in [-0.3, -0.25) is 9.59 Å². The molecule has 0 saturated carbocycles. The van der Waals surface area contributed by atoms with Gasteiger partial charge in [0.1, 0.15) is 17.3 Å². The van der Waals surface area contributed by atoms with Crippen molar-refractivity contribution in [3.8, 4) is 11.5 Å². The predicted octanol–water partition coefficient (Wildman–Crippen LogP) is 6.72. The maximum Gasteiger partial charge on any atom is 0.295 e. The summed E-state index contributed by atoms with van der Waals surface area (Å²) >= 11 is 0. The smallest absolute Gasteiger partial charge is 0.295 e. The molecule has 1 aliphatic rings. The molecule has 37 heavy (non-hydrogen) atoms. The zero-order chi connectivity index (χ0) is 25.9. The second-order valence-corrected chi connectivity index (χ2v) is 9.22. The van der Waals surface area contributed by atoms with Crippen LogP contribution in [0.5, 0.6) is 11.5 Å². The van der Waals surface area contributed by atoms with Crippen LogP contribution in [0.25, 0.3) is 5.76 Å². The number of Topliss-reactive ketones (excluding diaryl/α,β-unsaturated/α-hetero) is 1. The highest BCUT2D eigenvalue weighted by Gasteiger charge is 2.46. The molecule has 4 aromatic rings. The van der Waals surface area contributed by atoms with E-state index in [0.29, 0.717) is 22.6 Å². The van der Waals surface area contributed by atoms with Crippen molar-refractivity contribution in [2.45, 2.75) is 26.4 Å². The number of rotatable bonds is 6. The largest absolute Gasteiger partial charge is 0.507 e. The fraction of sp³-hybridized carbons (Fsp3) is 0.125. The molecule has 0 aromatic heterocycles. The maximum absolute atomic E-state index is 13.4. The van der Waals surface area contributed by atoms with Gasteiger partial charge in [-0.25, -0.2) is 0 Å². The highest BCUT2D eigenvalue weighted by atomic mass is 16.5. The monoisotopic (exact) mass is 489 g/mol. The minimum Gasteiger partial charge on any atom is -0.507 e. The Morgan fingerprint density at radius 1 is 0.811 bits per heavy atom. The van der Waals surface area contributed by atoms with Crippen LogP contribution in [-0.2, 0) is 16.1 Å². The number of likely N-dealkylation sites (tertiary alicyclic amines) is 1. The van der Waals surface area contributed by atoms with Gasteiger partial charge in [-0.1, -0.05) is 78.4 Å². The van der Waals surface area contributed by atoms with Gasteiger partial charge in [0, 0.05) is 12.1 Å². The second-order valence-electron chi connectivity index (χ2n) is 9.22. The lowest BCUT2D eigenvalue weighted by atomic mass is 9.93. The molecule has 1 heterocycles. The standard InChI is InChI=1S/C32H27NO4/c1-21-16-17-22(2)27(18-21)30(34)28-29(33(32(36)31(28)35)20-23-10-5-3-6-11-23)24-12-9-15-26(19-24)37-25-13-7-4-8-14-25/h3-19,29,34H,20H2,1-2H3/b30-28+. The van der Waals surface area contributed by atoms with E-state index >= 15 is 0 Å². The van der Waals surface area contributed by atoms with Crippen LogP contribution in [0.3, 0.4) is 0 Å². The first-order valence-corrected chi connectivity index (χ1v) is 12.1. The molecule has 1 aliphatic heterocycles. The van der Waals surface area contributed by atoms with Crippen LogP contribution in [0, 0.1) is 13.8 Å². The molecule has 5 rings (SSSR count). The number of aliphatic hydroxyl groups excluding tert-OH is 1. The Hall–Kier alpha value is -4.64. The van der Waals surface area contributed by atoms with Crippen molar-refractivity contribution in [2.24, 2.45) is 0 Å². The molecule has 1 amide bonds. The van der Waals surface area contributed by atoms with Crippen molar-refractivity contribution in [3.05, 3.63) is 137 Å². The van der Waals surface area contributed by atoms with Crippen LogP contribution < -0.4 is 4.74 Å². The molecule has 5 nitrogen and oxygen atoms in total. The lowest BCUT2D eigenvalue weighted by Crippen LogP contribution is -2.29. The zero-order valence-corrected chi connectivity index (χ0v) is 20.7. The van der Waals surface area contributed by atoms with Crippen molar-refractivity contribution in [1.82, 2.24) is 4.90 Å². The van der Waals surface area contributed by atoms with Crippen LogP contribution in [0.4, 0.5) is 0 Å². The van der Waals surface area contributed by atoms with Gasteiger partial charge in [-0.05, 0) is 60.9 Å². The normalized spacial score (nSPS) is 16.7. The first-order chi connectivity index (χ1) is 17.9. The molecule has 1 atom stereocenters. The van der Waals surface area contributed by atoms with Gasteiger partial charge in [0.15, 0.2) is 0 Å². The summed E-state index contributed by atoms with van der Waals surface area (Å²) in [6, 6.07) is 31.1. The van der Waals surface area contributed by atoms with Crippen LogP contribution in [0.15, 0.2) is 109 Å². The lowest BCUT2D eigenvalue weighted by Gasteiger charge is -2.26. The van der Waals surface area contributed by atoms with E-state index in [9.17, 15) is 14.7 Å². The number of carbonyl (C=O) groups is 2. The summed E-state index contributed by atoms with van der Waals surface area (Å²) < 4.78 is 6.03.